The van der Waals surface area contributed by atoms with Gasteiger partial charge in [-0.25, -0.2) is 44.4 Å². The average Bonchev–Trinajstić information content (AvgIpc) is 2.91. The van der Waals surface area contributed by atoms with E-state index in [4.69, 9.17) is 0 Å². The molecule has 0 amide bonds. The van der Waals surface area contributed by atoms with Crippen LogP contribution < -0.4 is 9.62 Å². The molecule has 0 unspecified atom stereocenters. The zero-order valence-electron chi connectivity index (χ0n) is 19.9. The number of nitrogens with one attached hydrogen (secondary N) is 1. The summed E-state index contributed by atoms with van der Waals surface area (Å²) in [5, 5.41) is 0. The molecule has 1 aliphatic heterocycles. The molecule has 1 saturated heterocycles. The maximum atomic E-state index is 14.2. The first-order valence-electron chi connectivity index (χ1n) is 11.4. The lowest BCUT2D eigenvalue weighted by molar-refractivity contribution is 0.377. The topological polar surface area (TPSA) is 113 Å². The van der Waals surface area contributed by atoms with Gasteiger partial charge in [0, 0.05) is 26.2 Å². The number of halogens is 4. The molecule has 0 bridgehead atoms. The number of benzene rings is 3. The Morgan fingerprint density at radius 1 is 0.718 bits per heavy atom. The zero-order valence-corrected chi connectivity index (χ0v) is 21.5. The lowest BCUT2D eigenvalue weighted by Crippen LogP contribution is -2.49. The van der Waals surface area contributed by atoms with Crippen molar-refractivity contribution in [2.24, 2.45) is 0 Å². The normalized spacial score (nSPS) is 15.0. The van der Waals surface area contributed by atoms with E-state index in [-0.39, 0.29) is 42.7 Å². The van der Waals surface area contributed by atoms with Gasteiger partial charge in [-0.1, -0.05) is 12.1 Å². The fraction of sp³-hybridized carbons (Fsp3) is 0.167. The maximum absolute atomic E-state index is 14.2. The second kappa shape index (κ2) is 10.1. The zero-order chi connectivity index (χ0) is 27.9. The Morgan fingerprint density at radius 2 is 1.33 bits per heavy atom. The third-order valence-electron chi connectivity index (χ3n) is 6.06. The minimum absolute atomic E-state index is 0.0111. The first kappa shape index (κ1) is 26.8. The average molecular weight is 582 g/mol. The first-order valence-corrected chi connectivity index (χ1v) is 14.3. The largest absolute Gasteiger partial charge is 0.351 e. The van der Waals surface area contributed by atoms with Gasteiger partial charge in [0.1, 0.15) is 10.7 Å². The number of para-hydroxylation sites is 2. The molecule has 0 saturated carbocycles. The summed E-state index contributed by atoms with van der Waals surface area (Å²) in [6.07, 6.45) is 0. The Kier molecular flexibility index (Phi) is 6.90. The fourth-order valence-corrected chi connectivity index (χ4v) is 6.55. The van der Waals surface area contributed by atoms with Crippen LogP contribution in [-0.4, -0.2) is 57.3 Å². The fourth-order valence-electron chi connectivity index (χ4n) is 4.07. The number of nitrogens with zero attached hydrogens (tertiary/aromatic N) is 4. The van der Waals surface area contributed by atoms with E-state index in [9.17, 15) is 34.4 Å². The van der Waals surface area contributed by atoms with Crippen molar-refractivity contribution >= 4 is 42.7 Å². The van der Waals surface area contributed by atoms with Crippen molar-refractivity contribution in [3.8, 4) is 0 Å². The minimum Gasteiger partial charge on any atom is -0.351 e. The highest BCUT2D eigenvalue weighted by atomic mass is 32.2. The molecule has 3 aromatic carbocycles. The molecule has 5 rings (SSSR count). The van der Waals surface area contributed by atoms with E-state index in [1.54, 1.807) is 29.2 Å². The van der Waals surface area contributed by atoms with E-state index in [1.165, 1.54) is 0 Å². The van der Waals surface area contributed by atoms with Gasteiger partial charge in [-0.05, 0) is 48.5 Å². The number of sulfonamides is 2. The summed E-state index contributed by atoms with van der Waals surface area (Å²) < 4.78 is 110. The molecular formula is C24H19F4N5O4S2. The molecule has 1 N–H and O–H groups in total. The van der Waals surface area contributed by atoms with Gasteiger partial charge in [0.15, 0.2) is 29.1 Å². The lowest BCUT2D eigenvalue weighted by Gasteiger charge is -2.35. The van der Waals surface area contributed by atoms with Crippen LogP contribution in [0.3, 0.4) is 0 Å². The molecule has 15 heteroatoms. The van der Waals surface area contributed by atoms with Gasteiger partial charge >= 0.3 is 0 Å². The number of rotatable bonds is 6. The predicted molar refractivity (Wildman–Crippen MR) is 134 cm³/mol. The summed E-state index contributed by atoms with van der Waals surface area (Å²) in [5.74, 6) is -5.86. The van der Waals surface area contributed by atoms with Crippen LogP contribution in [0.1, 0.15) is 0 Å². The number of anilines is 2. The van der Waals surface area contributed by atoms with Crippen molar-refractivity contribution in [1.82, 2.24) is 14.3 Å². The van der Waals surface area contributed by atoms with E-state index >= 15 is 0 Å². The summed E-state index contributed by atoms with van der Waals surface area (Å²) in [7, 11) is -8.71. The Hall–Kier alpha value is -3.82. The molecule has 9 nitrogen and oxygen atoms in total. The van der Waals surface area contributed by atoms with Gasteiger partial charge in [0.05, 0.1) is 15.9 Å². The van der Waals surface area contributed by atoms with Gasteiger partial charge in [-0.15, -0.1) is 0 Å². The van der Waals surface area contributed by atoms with Gasteiger partial charge in [0.25, 0.3) is 10.0 Å². The Balaban J connectivity index is 1.45. The monoisotopic (exact) mass is 581 g/mol. The number of piperazine rings is 1. The lowest BCUT2D eigenvalue weighted by atomic mass is 10.3. The molecule has 0 aliphatic carbocycles. The van der Waals surface area contributed by atoms with Crippen molar-refractivity contribution in [2.45, 2.75) is 9.79 Å². The maximum Gasteiger partial charge on any atom is 0.263 e. The molecule has 39 heavy (non-hydrogen) atoms. The Bertz CT molecular complexity index is 1780. The molecule has 4 aromatic rings. The Morgan fingerprint density at radius 3 is 1.97 bits per heavy atom. The third kappa shape index (κ3) is 5.12. The molecule has 1 fully saturated rings. The molecule has 0 spiro atoms. The highest BCUT2D eigenvalue weighted by Crippen LogP contribution is 2.30. The van der Waals surface area contributed by atoms with Gasteiger partial charge in [-0.3, -0.25) is 4.72 Å². The highest BCUT2D eigenvalue weighted by molar-refractivity contribution is 7.92. The van der Waals surface area contributed by atoms with Gasteiger partial charge in [0.2, 0.25) is 10.0 Å². The summed E-state index contributed by atoms with van der Waals surface area (Å²) in [4.78, 5) is 9.31. The molecule has 2 heterocycles. The quantitative estimate of drug-likeness (QED) is 0.274. The molecule has 1 aromatic heterocycles. The van der Waals surface area contributed by atoms with Crippen LogP contribution in [-0.2, 0) is 20.0 Å². The highest BCUT2D eigenvalue weighted by Gasteiger charge is 2.34. The Labute approximate surface area is 220 Å². The molecule has 0 atom stereocenters. The molecule has 0 radical (unpaired) electrons. The van der Waals surface area contributed by atoms with E-state index < -0.39 is 48.2 Å². The smallest absolute Gasteiger partial charge is 0.263 e. The van der Waals surface area contributed by atoms with Crippen molar-refractivity contribution in [3.63, 3.8) is 0 Å². The van der Waals surface area contributed by atoms with Crippen LogP contribution in [0.2, 0.25) is 0 Å². The van der Waals surface area contributed by atoms with Crippen LogP contribution in [0.4, 0.5) is 29.2 Å². The van der Waals surface area contributed by atoms with Crippen LogP contribution >= 0.6 is 0 Å². The molecule has 204 valence electrons. The first-order chi connectivity index (χ1) is 18.5. The van der Waals surface area contributed by atoms with Crippen LogP contribution in [0.15, 0.2) is 70.5 Å². The van der Waals surface area contributed by atoms with Crippen molar-refractivity contribution in [3.05, 3.63) is 83.9 Å². The van der Waals surface area contributed by atoms with Crippen LogP contribution in [0.25, 0.3) is 11.0 Å². The van der Waals surface area contributed by atoms with Crippen LogP contribution in [0.5, 0.6) is 0 Å². The van der Waals surface area contributed by atoms with Crippen molar-refractivity contribution < 1.29 is 34.4 Å². The van der Waals surface area contributed by atoms with Crippen molar-refractivity contribution in [2.75, 3.05) is 35.8 Å². The molecular weight excluding hydrogens is 562 g/mol. The number of fused-ring (bicyclic) bond motifs is 1. The SMILES string of the molecule is O=S(=O)(Nc1nc2ccccc2nc1N1CCN(S(=O)(=O)c2ccc(F)c(F)c2F)CC1)c1ccc(F)cc1. The standard InChI is InChI=1S/C24H19F4N5O4S2/c25-15-5-7-16(8-6-15)38(34,35)31-23-24(30-19-4-2-1-3-18(19)29-23)32-11-13-33(14-12-32)39(36,37)20-10-9-17(26)21(27)22(20)28/h1-10H,11-14H2,(H,29,31). The van der Waals surface area contributed by atoms with E-state index in [0.29, 0.717) is 23.2 Å². The minimum atomic E-state index is -4.50. The van der Waals surface area contributed by atoms with E-state index in [1.807, 2.05) is 0 Å². The van der Waals surface area contributed by atoms with Crippen LogP contribution in [0, 0.1) is 23.3 Å². The molecule has 1 aliphatic rings. The summed E-state index contributed by atoms with van der Waals surface area (Å²) in [5.41, 5.74) is 0.823. The summed E-state index contributed by atoms with van der Waals surface area (Å²) in [6.45, 7) is -0.412. The second-order valence-electron chi connectivity index (χ2n) is 8.51. The number of aromatic nitrogens is 2. The van der Waals surface area contributed by atoms with Crippen molar-refractivity contribution in [1.29, 1.82) is 0 Å². The predicted octanol–water partition coefficient (Wildman–Crippen LogP) is 3.50. The third-order valence-corrected chi connectivity index (χ3v) is 9.33. The van der Waals surface area contributed by atoms with Gasteiger partial charge < -0.3 is 4.90 Å². The second-order valence-corrected chi connectivity index (χ2v) is 12.1. The van der Waals surface area contributed by atoms with E-state index in [2.05, 4.69) is 14.7 Å². The number of hydrogen-bond donors (Lipinski definition) is 1. The summed E-state index contributed by atoms with van der Waals surface area (Å²) >= 11 is 0. The number of hydrogen-bond acceptors (Lipinski definition) is 7. The van der Waals surface area contributed by atoms with E-state index in [0.717, 1.165) is 28.6 Å². The van der Waals surface area contributed by atoms with Gasteiger partial charge in [-0.2, -0.15) is 4.31 Å². The summed E-state index contributed by atoms with van der Waals surface area (Å²) in [6, 6.07) is 12.1.